The number of nitrogens with zero attached hydrogens (tertiary/aromatic N) is 1. The number of alkyl carbamates (subject to hydrolysis) is 1. The van der Waals surface area contributed by atoms with E-state index in [1.54, 1.807) is 46.4 Å². The second-order valence-electron chi connectivity index (χ2n) is 15.7. The molecule has 0 saturated heterocycles. The van der Waals surface area contributed by atoms with Crippen molar-refractivity contribution >= 4 is 23.9 Å². The Morgan fingerprint density at radius 1 is 0.760 bits per heavy atom. The Kier molecular flexibility index (Phi) is 16.5. The average molecular weight is 694 g/mol. The minimum atomic E-state index is -1.08. The normalized spacial score (nSPS) is 13.6. The lowest BCUT2D eigenvalue weighted by Gasteiger charge is -2.36. The van der Waals surface area contributed by atoms with Gasteiger partial charge in [0.2, 0.25) is 11.8 Å². The highest BCUT2D eigenvalue weighted by Gasteiger charge is 2.39. The van der Waals surface area contributed by atoms with Crippen LogP contribution in [-0.4, -0.2) is 58.6 Å². The summed E-state index contributed by atoms with van der Waals surface area (Å²) < 4.78 is 11.3. The number of esters is 1. The van der Waals surface area contributed by atoms with Gasteiger partial charge >= 0.3 is 12.1 Å². The summed E-state index contributed by atoms with van der Waals surface area (Å²) in [5.74, 6) is -1.76. The summed E-state index contributed by atoms with van der Waals surface area (Å²) in [6.45, 7) is 20.8. The number of aryl methyl sites for hydroxylation is 2. The SMILES string of the molecule is CCCCCCCCN(C(=O)C(NC(=O)OC(C)(C)C)C(C)C)C(C(=O)NC(Cc1ccccc1)C(=O)OC(C)(C)C)c1ccc(C)c(C)c1. The molecule has 0 aromatic heterocycles. The fourth-order valence-electron chi connectivity index (χ4n) is 5.63. The van der Waals surface area contributed by atoms with Gasteiger partial charge < -0.3 is 25.0 Å². The van der Waals surface area contributed by atoms with Gasteiger partial charge in [-0.1, -0.05) is 101 Å². The Morgan fingerprint density at radius 3 is 1.92 bits per heavy atom. The van der Waals surface area contributed by atoms with E-state index in [1.807, 2.05) is 76.2 Å². The van der Waals surface area contributed by atoms with E-state index in [0.717, 1.165) is 48.8 Å². The number of nitrogens with one attached hydrogen (secondary N) is 2. The van der Waals surface area contributed by atoms with Crippen LogP contribution in [0.2, 0.25) is 0 Å². The van der Waals surface area contributed by atoms with Crippen LogP contribution in [-0.2, 0) is 30.3 Å². The smallest absolute Gasteiger partial charge is 0.408 e. The van der Waals surface area contributed by atoms with Gasteiger partial charge in [0.15, 0.2) is 0 Å². The fraction of sp³-hybridized carbons (Fsp3) is 0.610. The van der Waals surface area contributed by atoms with Crippen molar-refractivity contribution in [2.24, 2.45) is 5.92 Å². The molecule has 2 N–H and O–H groups in total. The Labute approximate surface area is 301 Å². The third kappa shape index (κ3) is 14.5. The molecule has 2 rings (SSSR count). The summed E-state index contributed by atoms with van der Waals surface area (Å²) >= 11 is 0. The molecule has 3 amide bonds. The van der Waals surface area contributed by atoms with Crippen LogP contribution in [0.15, 0.2) is 48.5 Å². The van der Waals surface area contributed by atoms with E-state index in [0.29, 0.717) is 12.0 Å². The fourth-order valence-corrected chi connectivity index (χ4v) is 5.63. The van der Waals surface area contributed by atoms with Crippen LogP contribution in [0.1, 0.15) is 129 Å². The maximum absolute atomic E-state index is 14.7. The first-order chi connectivity index (χ1) is 23.3. The molecule has 0 bridgehead atoms. The number of rotatable bonds is 17. The largest absolute Gasteiger partial charge is 0.458 e. The molecule has 9 heteroatoms. The Balaban J connectivity index is 2.65. The number of carbonyl (C=O) groups is 4. The molecule has 0 fully saturated rings. The molecule has 278 valence electrons. The van der Waals surface area contributed by atoms with E-state index >= 15 is 0 Å². The molecule has 2 aromatic rings. The van der Waals surface area contributed by atoms with Crippen LogP contribution in [0.25, 0.3) is 0 Å². The first-order valence-corrected chi connectivity index (χ1v) is 18.3. The standard InChI is InChI=1S/C41H63N3O6/c1-12-13-14-15-16-20-25-44(37(46)34(28(2)3)43-39(48)50-41(9,10)11)35(32-24-23-29(4)30(5)26-32)36(45)42-33(38(47)49-40(6,7)8)27-31-21-18-17-19-22-31/h17-19,21-24,26,28,33-35H,12-16,20,25,27H2,1-11H3,(H,42,45)(H,43,48). The zero-order valence-corrected chi connectivity index (χ0v) is 32.5. The number of ether oxygens (including phenoxy) is 2. The molecule has 0 spiro atoms. The third-order valence-corrected chi connectivity index (χ3v) is 8.34. The lowest BCUT2D eigenvalue weighted by atomic mass is 9.95. The minimum absolute atomic E-state index is 0.210. The van der Waals surface area contributed by atoms with Gasteiger partial charge in [-0.3, -0.25) is 9.59 Å². The maximum atomic E-state index is 14.7. The van der Waals surface area contributed by atoms with E-state index in [2.05, 4.69) is 17.6 Å². The number of carbonyl (C=O) groups excluding carboxylic acids is 4. The van der Waals surface area contributed by atoms with Crippen LogP contribution < -0.4 is 10.6 Å². The summed E-state index contributed by atoms with van der Waals surface area (Å²) in [5.41, 5.74) is 1.95. The van der Waals surface area contributed by atoms with Crippen molar-refractivity contribution in [2.75, 3.05) is 6.54 Å². The second kappa shape index (κ2) is 19.5. The molecule has 0 radical (unpaired) electrons. The van der Waals surface area contributed by atoms with E-state index in [-0.39, 0.29) is 18.9 Å². The van der Waals surface area contributed by atoms with Gasteiger partial charge in [0.25, 0.3) is 0 Å². The maximum Gasteiger partial charge on any atom is 0.408 e. The molecule has 3 unspecified atom stereocenters. The van der Waals surface area contributed by atoms with Gasteiger partial charge in [0.05, 0.1) is 0 Å². The van der Waals surface area contributed by atoms with Gasteiger partial charge in [0.1, 0.15) is 29.3 Å². The first kappa shape index (κ1) is 42.3. The van der Waals surface area contributed by atoms with Crippen molar-refractivity contribution in [3.8, 4) is 0 Å². The van der Waals surface area contributed by atoms with Crippen molar-refractivity contribution in [2.45, 2.75) is 150 Å². The number of amides is 3. The quantitative estimate of drug-likeness (QED) is 0.128. The topological polar surface area (TPSA) is 114 Å². The summed E-state index contributed by atoms with van der Waals surface area (Å²) in [7, 11) is 0. The number of unbranched alkanes of at least 4 members (excludes halogenated alkanes) is 5. The molecule has 50 heavy (non-hydrogen) atoms. The molecule has 0 aliphatic carbocycles. The molecule has 3 atom stereocenters. The van der Waals surface area contributed by atoms with Crippen molar-refractivity contribution in [1.29, 1.82) is 0 Å². The third-order valence-electron chi connectivity index (χ3n) is 8.34. The first-order valence-electron chi connectivity index (χ1n) is 18.3. The lowest BCUT2D eigenvalue weighted by molar-refractivity contribution is -0.159. The van der Waals surface area contributed by atoms with Gasteiger partial charge in [-0.2, -0.15) is 0 Å². The number of benzene rings is 2. The second-order valence-corrected chi connectivity index (χ2v) is 15.7. The average Bonchev–Trinajstić information content (AvgIpc) is 3.00. The predicted octanol–water partition coefficient (Wildman–Crippen LogP) is 8.15. The molecule has 2 aromatic carbocycles. The van der Waals surface area contributed by atoms with E-state index < -0.39 is 53.2 Å². The summed E-state index contributed by atoms with van der Waals surface area (Å²) in [5, 5.41) is 5.79. The molecular weight excluding hydrogens is 630 g/mol. The molecule has 0 heterocycles. The highest BCUT2D eigenvalue weighted by molar-refractivity contribution is 5.94. The zero-order chi connectivity index (χ0) is 37.6. The lowest BCUT2D eigenvalue weighted by Crippen LogP contribution is -2.56. The summed E-state index contributed by atoms with van der Waals surface area (Å²) in [4.78, 5) is 57.6. The van der Waals surface area contributed by atoms with Crippen LogP contribution in [0, 0.1) is 19.8 Å². The molecule has 0 aliphatic rings. The molecule has 0 aliphatic heterocycles. The van der Waals surface area contributed by atoms with E-state index in [4.69, 9.17) is 9.47 Å². The van der Waals surface area contributed by atoms with Gasteiger partial charge in [-0.15, -0.1) is 0 Å². The Hall–Kier alpha value is -3.88. The number of hydrogen-bond donors (Lipinski definition) is 2. The van der Waals surface area contributed by atoms with E-state index in [9.17, 15) is 19.2 Å². The van der Waals surface area contributed by atoms with Crippen molar-refractivity contribution < 1.29 is 28.7 Å². The van der Waals surface area contributed by atoms with Gasteiger partial charge in [-0.05, 0) is 90.0 Å². The van der Waals surface area contributed by atoms with Crippen LogP contribution >= 0.6 is 0 Å². The molecule has 0 saturated carbocycles. The molecule has 9 nitrogen and oxygen atoms in total. The Bertz CT molecular complexity index is 1390. The highest BCUT2D eigenvalue weighted by atomic mass is 16.6. The minimum Gasteiger partial charge on any atom is -0.458 e. The highest BCUT2D eigenvalue weighted by Crippen LogP contribution is 2.27. The van der Waals surface area contributed by atoms with Crippen LogP contribution in [0.5, 0.6) is 0 Å². The number of hydrogen-bond acceptors (Lipinski definition) is 6. The monoisotopic (exact) mass is 693 g/mol. The van der Waals surface area contributed by atoms with Crippen molar-refractivity contribution in [3.63, 3.8) is 0 Å². The van der Waals surface area contributed by atoms with Gasteiger partial charge in [0, 0.05) is 13.0 Å². The summed E-state index contributed by atoms with van der Waals surface area (Å²) in [6.07, 6.45) is 5.42. The van der Waals surface area contributed by atoms with Gasteiger partial charge in [-0.25, -0.2) is 9.59 Å². The van der Waals surface area contributed by atoms with Crippen molar-refractivity contribution in [1.82, 2.24) is 15.5 Å². The van der Waals surface area contributed by atoms with E-state index in [1.165, 1.54) is 0 Å². The zero-order valence-electron chi connectivity index (χ0n) is 32.5. The molecular formula is C41H63N3O6. The van der Waals surface area contributed by atoms with Crippen LogP contribution in [0.3, 0.4) is 0 Å². The van der Waals surface area contributed by atoms with Crippen molar-refractivity contribution in [3.05, 3.63) is 70.8 Å². The summed E-state index contributed by atoms with van der Waals surface area (Å²) in [6, 6.07) is 12.1. The predicted molar refractivity (Wildman–Crippen MR) is 200 cm³/mol. The Morgan fingerprint density at radius 2 is 1.36 bits per heavy atom. The van der Waals surface area contributed by atoms with Crippen LogP contribution in [0.4, 0.5) is 4.79 Å².